The second kappa shape index (κ2) is 7.80. The summed E-state index contributed by atoms with van der Waals surface area (Å²) in [6, 6.07) is 12.2. The molecule has 0 aliphatic heterocycles. The standard InChI is InChI=1S/C17H19N3O4S/c1-3-17(22)19-14-4-6-15(7-5-14)20-25(23,24)16-10-8-13(9-11-16)18-12(2)21/h4-11,20H,3H2,1-2H3,(H,18,21)(H,19,22). The highest BCUT2D eigenvalue weighted by atomic mass is 32.2. The first-order valence-electron chi connectivity index (χ1n) is 7.60. The van der Waals surface area contributed by atoms with E-state index in [1.807, 2.05) is 0 Å². The number of amides is 2. The van der Waals surface area contributed by atoms with Crippen LogP contribution in [0.15, 0.2) is 53.4 Å². The lowest BCUT2D eigenvalue weighted by Crippen LogP contribution is -2.13. The van der Waals surface area contributed by atoms with Crippen LogP contribution in [-0.4, -0.2) is 20.2 Å². The summed E-state index contributed by atoms with van der Waals surface area (Å²) in [7, 11) is -3.75. The number of carbonyl (C=O) groups is 2. The molecule has 0 unspecified atom stereocenters. The van der Waals surface area contributed by atoms with Crippen LogP contribution in [0.1, 0.15) is 20.3 Å². The van der Waals surface area contributed by atoms with Gasteiger partial charge < -0.3 is 10.6 Å². The van der Waals surface area contributed by atoms with E-state index in [0.717, 1.165) is 0 Å². The van der Waals surface area contributed by atoms with Crippen molar-refractivity contribution in [2.45, 2.75) is 25.2 Å². The van der Waals surface area contributed by atoms with Gasteiger partial charge in [-0.2, -0.15) is 0 Å². The fourth-order valence-electron chi connectivity index (χ4n) is 2.01. The first-order valence-corrected chi connectivity index (χ1v) is 9.09. The van der Waals surface area contributed by atoms with Crippen LogP contribution in [0.4, 0.5) is 17.1 Å². The van der Waals surface area contributed by atoms with Crippen LogP contribution in [0.3, 0.4) is 0 Å². The van der Waals surface area contributed by atoms with Gasteiger partial charge in [0.05, 0.1) is 4.90 Å². The molecule has 2 amide bonds. The molecule has 2 rings (SSSR count). The average molecular weight is 361 g/mol. The number of hydrogen-bond acceptors (Lipinski definition) is 4. The highest BCUT2D eigenvalue weighted by molar-refractivity contribution is 7.92. The van der Waals surface area contributed by atoms with E-state index in [1.165, 1.54) is 31.2 Å². The van der Waals surface area contributed by atoms with E-state index in [0.29, 0.717) is 23.5 Å². The van der Waals surface area contributed by atoms with Gasteiger partial charge in [0.25, 0.3) is 10.0 Å². The third-order valence-electron chi connectivity index (χ3n) is 3.23. The van der Waals surface area contributed by atoms with Gasteiger partial charge in [0, 0.05) is 30.4 Å². The molecular weight excluding hydrogens is 342 g/mol. The third kappa shape index (κ3) is 5.32. The number of nitrogens with one attached hydrogen (secondary N) is 3. The third-order valence-corrected chi connectivity index (χ3v) is 4.62. The first kappa shape index (κ1) is 18.5. The van der Waals surface area contributed by atoms with Crippen LogP contribution in [0.5, 0.6) is 0 Å². The SMILES string of the molecule is CCC(=O)Nc1ccc(NS(=O)(=O)c2ccc(NC(C)=O)cc2)cc1. The van der Waals surface area contributed by atoms with Crippen molar-refractivity contribution in [1.29, 1.82) is 0 Å². The van der Waals surface area contributed by atoms with E-state index in [9.17, 15) is 18.0 Å². The smallest absolute Gasteiger partial charge is 0.261 e. The van der Waals surface area contributed by atoms with Crippen molar-refractivity contribution in [2.75, 3.05) is 15.4 Å². The minimum absolute atomic E-state index is 0.0740. The van der Waals surface area contributed by atoms with E-state index in [-0.39, 0.29) is 16.7 Å². The summed E-state index contributed by atoms with van der Waals surface area (Å²) in [5, 5.41) is 5.26. The predicted molar refractivity (Wildman–Crippen MR) is 96.9 cm³/mol. The number of hydrogen-bond donors (Lipinski definition) is 3. The molecule has 7 nitrogen and oxygen atoms in total. The monoisotopic (exact) mass is 361 g/mol. The van der Waals surface area contributed by atoms with Crippen molar-refractivity contribution >= 4 is 38.9 Å². The average Bonchev–Trinajstić information content (AvgIpc) is 2.56. The van der Waals surface area contributed by atoms with Crippen LogP contribution < -0.4 is 15.4 Å². The zero-order valence-electron chi connectivity index (χ0n) is 13.9. The zero-order valence-corrected chi connectivity index (χ0v) is 14.7. The molecule has 0 heterocycles. The Morgan fingerprint density at radius 3 is 1.84 bits per heavy atom. The van der Waals surface area contributed by atoms with Crippen LogP contribution >= 0.6 is 0 Å². The van der Waals surface area contributed by atoms with Crippen molar-refractivity contribution in [3.63, 3.8) is 0 Å². The van der Waals surface area contributed by atoms with Gasteiger partial charge in [0.2, 0.25) is 11.8 Å². The maximum atomic E-state index is 12.4. The number of sulfonamides is 1. The molecule has 2 aromatic carbocycles. The topological polar surface area (TPSA) is 104 Å². The summed E-state index contributed by atoms with van der Waals surface area (Å²) in [5.41, 5.74) is 1.48. The van der Waals surface area contributed by atoms with Crippen LogP contribution in [-0.2, 0) is 19.6 Å². The maximum absolute atomic E-state index is 12.4. The molecule has 0 spiro atoms. The maximum Gasteiger partial charge on any atom is 0.261 e. The first-order chi connectivity index (χ1) is 11.8. The van der Waals surface area contributed by atoms with E-state index >= 15 is 0 Å². The molecule has 0 radical (unpaired) electrons. The van der Waals surface area contributed by atoms with Crippen LogP contribution in [0.2, 0.25) is 0 Å². The fraction of sp³-hybridized carbons (Fsp3) is 0.176. The molecule has 0 bridgehead atoms. The Balaban J connectivity index is 2.10. The van der Waals surface area contributed by atoms with Crippen molar-refractivity contribution in [2.24, 2.45) is 0 Å². The van der Waals surface area contributed by atoms with Gasteiger partial charge in [-0.3, -0.25) is 14.3 Å². The van der Waals surface area contributed by atoms with Gasteiger partial charge >= 0.3 is 0 Å². The Morgan fingerprint density at radius 1 is 0.840 bits per heavy atom. The Bertz CT molecular complexity index is 860. The normalized spacial score (nSPS) is 10.8. The lowest BCUT2D eigenvalue weighted by molar-refractivity contribution is -0.116. The second-order valence-electron chi connectivity index (χ2n) is 5.29. The lowest BCUT2D eigenvalue weighted by atomic mass is 10.3. The van der Waals surface area contributed by atoms with Crippen molar-refractivity contribution in [1.82, 2.24) is 0 Å². The largest absolute Gasteiger partial charge is 0.326 e. The minimum atomic E-state index is -3.75. The molecule has 8 heteroatoms. The molecule has 0 aromatic heterocycles. The molecule has 3 N–H and O–H groups in total. The van der Waals surface area contributed by atoms with E-state index in [4.69, 9.17) is 0 Å². The molecule has 0 aliphatic carbocycles. The van der Waals surface area contributed by atoms with Gasteiger partial charge in [0.15, 0.2) is 0 Å². The number of carbonyl (C=O) groups excluding carboxylic acids is 2. The molecule has 0 saturated heterocycles. The van der Waals surface area contributed by atoms with E-state index in [2.05, 4.69) is 15.4 Å². The van der Waals surface area contributed by atoms with Crippen molar-refractivity contribution < 1.29 is 18.0 Å². The van der Waals surface area contributed by atoms with Gasteiger partial charge in [0.1, 0.15) is 0 Å². The summed E-state index contributed by atoms with van der Waals surface area (Å²) in [5.74, 6) is -0.350. The molecule has 0 atom stereocenters. The Morgan fingerprint density at radius 2 is 1.32 bits per heavy atom. The summed E-state index contributed by atoms with van der Waals surface area (Å²) < 4.78 is 27.2. The molecular formula is C17H19N3O4S. The molecule has 132 valence electrons. The molecule has 2 aromatic rings. The Kier molecular flexibility index (Phi) is 5.76. The van der Waals surface area contributed by atoms with E-state index < -0.39 is 10.0 Å². The Labute approximate surface area is 146 Å². The molecule has 0 fully saturated rings. The highest BCUT2D eigenvalue weighted by Gasteiger charge is 2.14. The highest BCUT2D eigenvalue weighted by Crippen LogP contribution is 2.20. The Hall–Kier alpha value is -2.87. The lowest BCUT2D eigenvalue weighted by Gasteiger charge is -2.10. The number of benzene rings is 2. The summed E-state index contributed by atoms with van der Waals surface area (Å²) >= 11 is 0. The summed E-state index contributed by atoms with van der Waals surface area (Å²) in [4.78, 5) is 22.4. The molecule has 0 saturated carbocycles. The molecule has 25 heavy (non-hydrogen) atoms. The molecule has 0 aliphatic rings. The minimum Gasteiger partial charge on any atom is -0.326 e. The van der Waals surface area contributed by atoms with Gasteiger partial charge in [-0.05, 0) is 48.5 Å². The van der Waals surface area contributed by atoms with E-state index in [1.54, 1.807) is 31.2 Å². The quantitative estimate of drug-likeness (QED) is 0.736. The van der Waals surface area contributed by atoms with Gasteiger partial charge in [-0.1, -0.05) is 6.92 Å². The van der Waals surface area contributed by atoms with Crippen molar-refractivity contribution in [3.05, 3.63) is 48.5 Å². The number of anilines is 3. The van der Waals surface area contributed by atoms with Crippen LogP contribution in [0.25, 0.3) is 0 Å². The van der Waals surface area contributed by atoms with Crippen LogP contribution in [0, 0.1) is 0 Å². The summed E-state index contributed by atoms with van der Waals surface area (Å²) in [6.07, 6.45) is 0.364. The van der Waals surface area contributed by atoms with Crippen molar-refractivity contribution in [3.8, 4) is 0 Å². The summed E-state index contributed by atoms with van der Waals surface area (Å²) in [6.45, 7) is 3.12. The zero-order chi connectivity index (χ0) is 18.4. The predicted octanol–water partition coefficient (Wildman–Crippen LogP) is 2.79. The van der Waals surface area contributed by atoms with Gasteiger partial charge in [-0.15, -0.1) is 0 Å². The number of rotatable bonds is 6. The van der Waals surface area contributed by atoms with Gasteiger partial charge in [-0.25, -0.2) is 8.42 Å². The second-order valence-corrected chi connectivity index (χ2v) is 6.97. The fourth-order valence-corrected chi connectivity index (χ4v) is 3.06.